The van der Waals surface area contributed by atoms with Crippen molar-refractivity contribution in [2.75, 3.05) is 13.7 Å². The van der Waals surface area contributed by atoms with Gasteiger partial charge >= 0.3 is 12.1 Å². The topological polar surface area (TPSA) is 79.7 Å². The Morgan fingerprint density at radius 3 is 2.17 bits per heavy atom. The fraction of sp³-hybridized carbons (Fsp3) is 0.208. The van der Waals surface area contributed by atoms with E-state index in [-0.39, 0.29) is 18.9 Å². The molecule has 6 nitrogen and oxygen atoms in total. The van der Waals surface area contributed by atoms with E-state index in [0.29, 0.717) is 5.69 Å². The van der Waals surface area contributed by atoms with Gasteiger partial charge < -0.3 is 9.84 Å². The molecular weight excluding hydrogens is 380 g/mol. The molecule has 1 N–H and O–H groups in total. The van der Waals surface area contributed by atoms with E-state index < -0.39 is 18.1 Å². The molecule has 0 fully saturated rings. The van der Waals surface area contributed by atoms with Gasteiger partial charge in [0.25, 0.3) is 0 Å². The summed E-state index contributed by atoms with van der Waals surface area (Å²) in [5.74, 6) is -1.18. The van der Waals surface area contributed by atoms with Crippen LogP contribution in [0.15, 0.2) is 72.9 Å². The molecule has 1 unspecified atom stereocenters. The van der Waals surface area contributed by atoms with E-state index >= 15 is 0 Å². The molecule has 1 amide bonds. The van der Waals surface area contributed by atoms with Crippen LogP contribution in [0.4, 0.5) is 4.79 Å². The lowest BCUT2D eigenvalue weighted by molar-refractivity contribution is -0.142. The maximum Gasteiger partial charge on any atom is 0.410 e. The Balaban J connectivity index is 1.48. The molecule has 1 aromatic heterocycles. The normalized spacial score (nSPS) is 13.2. The van der Waals surface area contributed by atoms with Gasteiger partial charge in [0.15, 0.2) is 0 Å². The fourth-order valence-electron chi connectivity index (χ4n) is 3.93. The van der Waals surface area contributed by atoms with Crippen molar-refractivity contribution in [1.82, 2.24) is 9.88 Å². The highest BCUT2D eigenvalue weighted by Gasteiger charge is 2.32. The molecular formula is C24H22N2O4. The molecule has 6 heteroatoms. The van der Waals surface area contributed by atoms with Crippen LogP contribution < -0.4 is 0 Å². The smallest absolute Gasteiger partial charge is 0.410 e. The number of likely N-dealkylation sites (N-methyl/N-ethyl adjacent to an activating group) is 1. The maximum atomic E-state index is 12.7. The van der Waals surface area contributed by atoms with Crippen LogP contribution in [0.2, 0.25) is 0 Å². The SMILES string of the molecule is CN(C(=O)OCC1c2ccccc2-c2ccccc21)C(Cc1ccccn1)C(=O)O. The summed E-state index contributed by atoms with van der Waals surface area (Å²) in [4.78, 5) is 29.7. The Morgan fingerprint density at radius 2 is 1.60 bits per heavy atom. The number of nitrogens with zero attached hydrogens (tertiary/aromatic N) is 2. The van der Waals surface area contributed by atoms with Crippen LogP contribution in [0, 0.1) is 0 Å². The zero-order valence-corrected chi connectivity index (χ0v) is 16.6. The van der Waals surface area contributed by atoms with Crippen molar-refractivity contribution in [3.63, 3.8) is 0 Å². The minimum atomic E-state index is -1.10. The van der Waals surface area contributed by atoms with Gasteiger partial charge in [-0.05, 0) is 34.4 Å². The average Bonchev–Trinajstić information content (AvgIpc) is 3.09. The van der Waals surface area contributed by atoms with Crippen molar-refractivity contribution in [1.29, 1.82) is 0 Å². The molecule has 1 aliphatic carbocycles. The van der Waals surface area contributed by atoms with E-state index in [2.05, 4.69) is 17.1 Å². The van der Waals surface area contributed by atoms with E-state index in [1.807, 2.05) is 36.4 Å². The minimum absolute atomic E-state index is 0.0752. The second-order valence-corrected chi connectivity index (χ2v) is 7.29. The molecule has 0 radical (unpaired) electrons. The lowest BCUT2D eigenvalue weighted by atomic mass is 9.98. The summed E-state index contributed by atoms with van der Waals surface area (Å²) >= 11 is 0. The number of ether oxygens (including phenoxy) is 1. The Labute approximate surface area is 174 Å². The van der Waals surface area contributed by atoms with E-state index in [1.165, 1.54) is 7.05 Å². The van der Waals surface area contributed by atoms with Crippen LogP contribution in [0.3, 0.4) is 0 Å². The number of carbonyl (C=O) groups excluding carboxylic acids is 1. The van der Waals surface area contributed by atoms with E-state index in [1.54, 1.807) is 24.4 Å². The number of rotatable bonds is 6. The first-order valence-electron chi connectivity index (χ1n) is 9.76. The number of aromatic nitrogens is 1. The highest BCUT2D eigenvalue weighted by Crippen LogP contribution is 2.44. The van der Waals surface area contributed by atoms with Gasteiger partial charge in [-0.15, -0.1) is 0 Å². The summed E-state index contributed by atoms with van der Waals surface area (Å²) in [6.45, 7) is 0.146. The van der Waals surface area contributed by atoms with Crippen LogP contribution in [0.1, 0.15) is 22.7 Å². The lowest BCUT2D eigenvalue weighted by Gasteiger charge is -2.25. The highest BCUT2D eigenvalue weighted by molar-refractivity contribution is 5.81. The number of pyridine rings is 1. The van der Waals surface area contributed by atoms with Gasteiger partial charge in [-0.3, -0.25) is 9.88 Å². The molecule has 0 aliphatic heterocycles. The fourth-order valence-corrected chi connectivity index (χ4v) is 3.93. The van der Waals surface area contributed by atoms with Crippen LogP contribution in [-0.2, 0) is 16.0 Å². The van der Waals surface area contributed by atoms with Crippen LogP contribution >= 0.6 is 0 Å². The van der Waals surface area contributed by atoms with Crippen molar-refractivity contribution in [3.8, 4) is 11.1 Å². The third-order valence-electron chi connectivity index (χ3n) is 5.51. The van der Waals surface area contributed by atoms with Gasteiger partial charge in [0.2, 0.25) is 0 Å². The molecule has 3 aromatic rings. The summed E-state index contributed by atoms with van der Waals surface area (Å²) < 4.78 is 5.57. The Hall–Kier alpha value is -3.67. The first-order valence-corrected chi connectivity index (χ1v) is 9.76. The van der Waals surface area contributed by atoms with Crippen molar-refractivity contribution in [2.24, 2.45) is 0 Å². The third-order valence-corrected chi connectivity index (χ3v) is 5.51. The van der Waals surface area contributed by atoms with Crippen LogP contribution in [0.5, 0.6) is 0 Å². The molecule has 30 heavy (non-hydrogen) atoms. The molecule has 1 atom stereocenters. The first-order chi connectivity index (χ1) is 14.6. The zero-order chi connectivity index (χ0) is 21.1. The van der Waals surface area contributed by atoms with Gasteiger partial charge in [-0.25, -0.2) is 9.59 Å². The number of carboxylic acids is 1. The van der Waals surface area contributed by atoms with Gasteiger partial charge in [0, 0.05) is 31.3 Å². The van der Waals surface area contributed by atoms with Crippen molar-refractivity contribution >= 4 is 12.1 Å². The van der Waals surface area contributed by atoms with E-state index in [0.717, 1.165) is 27.2 Å². The summed E-state index contributed by atoms with van der Waals surface area (Å²) in [7, 11) is 1.45. The van der Waals surface area contributed by atoms with Crippen molar-refractivity contribution in [3.05, 3.63) is 89.7 Å². The van der Waals surface area contributed by atoms with Crippen LogP contribution in [0.25, 0.3) is 11.1 Å². The van der Waals surface area contributed by atoms with Gasteiger partial charge in [-0.1, -0.05) is 54.6 Å². The highest BCUT2D eigenvalue weighted by atomic mass is 16.6. The molecule has 4 rings (SSSR count). The average molecular weight is 402 g/mol. The van der Waals surface area contributed by atoms with Crippen molar-refractivity contribution in [2.45, 2.75) is 18.4 Å². The Bertz CT molecular complexity index is 1020. The number of carbonyl (C=O) groups is 2. The number of aliphatic carboxylic acids is 1. The third kappa shape index (κ3) is 3.76. The predicted molar refractivity (Wildman–Crippen MR) is 112 cm³/mol. The zero-order valence-electron chi connectivity index (χ0n) is 16.6. The first kappa shape index (κ1) is 19.6. The number of fused-ring (bicyclic) bond motifs is 3. The Morgan fingerprint density at radius 1 is 1.00 bits per heavy atom. The number of carboxylic acid groups (broad SMARTS) is 1. The predicted octanol–water partition coefficient (Wildman–Crippen LogP) is 3.96. The summed E-state index contributed by atoms with van der Waals surface area (Å²) in [6, 6.07) is 20.4. The lowest BCUT2D eigenvalue weighted by Crippen LogP contribution is -2.44. The quantitative estimate of drug-likeness (QED) is 0.675. The number of amides is 1. The van der Waals surface area contributed by atoms with Crippen molar-refractivity contribution < 1.29 is 19.4 Å². The van der Waals surface area contributed by atoms with Crippen LogP contribution in [-0.4, -0.2) is 46.7 Å². The summed E-state index contributed by atoms with van der Waals surface area (Å²) in [6.07, 6.45) is 1.04. The molecule has 0 spiro atoms. The number of hydrogen-bond acceptors (Lipinski definition) is 4. The van der Waals surface area contributed by atoms with E-state index in [4.69, 9.17) is 4.74 Å². The second-order valence-electron chi connectivity index (χ2n) is 7.29. The number of benzene rings is 2. The standard InChI is InChI=1S/C24H22N2O4/c1-26(22(23(27)28)14-16-8-6-7-13-25-16)24(29)30-15-21-19-11-4-2-9-17(19)18-10-3-5-12-20(18)21/h2-13,21-22H,14-15H2,1H3,(H,27,28). The largest absolute Gasteiger partial charge is 0.480 e. The van der Waals surface area contributed by atoms with E-state index in [9.17, 15) is 14.7 Å². The molecule has 0 saturated carbocycles. The Kier molecular flexibility index (Phi) is 5.48. The minimum Gasteiger partial charge on any atom is -0.480 e. The van der Waals surface area contributed by atoms with Gasteiger partial charge in [-0.2, -0.15) is 0 Å². The molecule has 0 saturated heterocycles. The molecule has 1 heterocycles. The monoisotopic (exact) mass is 402 g/mol. The second kappa shape index (κ2) is 8.37. The molecule has 1 aliphatic rings. The summed E-state index contributed by atoms with van der Waals surface area (Å²) in [5.41, 5.74) is 5.10. The molecule has 2 aromatic carbocycles. The van der Waals surface area contributed by atoms with Gasteiger partial charge in [0.1, 0.15) is 12.6 Å². The molecule has 152 valence electrons. The number of hydrogen-bond donors (Lipinski definition) is 1. The maximum absolute atomic E-state index is 12.7. The molecule has 0 bridgehead atoms. The van der Waals surface area contributed by atoms with Gasteiger partial charge in [0.05, 0.1) is 0 Å². The summed E-state index contributed by atoms with van der Waals surface area (Å²) in [5, 5.41) is 9.62.